The minimum atomic E-state index is -0.417. The highest BCUT2D eigenvalue weighted by atomic mass is 32.2. The number of nitrogens with two attached hydrogens (primary N) is 1. The molecule has 1 aromatic rings. The lowest BCUT2D eigenvalue weighted by Gasteiger charge is -2.11. The van der Waals surface area contributed by atoms with Crippen molar-refractivity contribution in [3.8, 4) is 0 Å². The molecule has 0 bridgehead atoms. The summed E-state index contributed by atoms with van der Waals surface area (Å²) >= 11 is 1.42. The highest BCUT2D eigenvalue weighted by molar-refractivity contribution is 8.00. The molecular formula is C11H15NO3S. The lowest BCUT2D eigenvalue weighted by atomic mass is 10.2. The molecule has 1 rings (SSSR count). The van der Waals surface area contributed by atoms with Gasteiger partial charge in [0, 0.05) is 15.8 Å². The highest BCUT2D eigenvalue weighted by Crippen LogP contribution is 2.28. The number of ether oxygens (including phenoxy) is 1. The first-order chi connectivity index (χ1) is 7.58. The van der Waals surface area contributed by atoms with Crippen molar-refractivity contribution >= 4 is 23.4 Å². The molecule has 0 fully saturated rings. The van der Waals surface area contributed by atoms with Crippen LogP contribution < -0.4 is 5.73 Å². The average Bonchev–Trinajstić information content (AvgIpc) is 2.30. The molecule has 1 atom stereocenters. The number of nitrogen functional groups attached to an aromatic ring is 1. The molecule has 0 aromatic heterocycles. The van der Waals surface area contributed by atoms with Crippen LogP contribution in [0.1, 0.15) is 17.3 Å². The van der Waals surface area contributed by atoms with Crippen LogP contribution in [0.2, 0.25) is 0 Å². The van der Waals surface area contributed by atoms with Crippen molar-refractivity contribution in [2.75, 3.05) is 19.5 Å². The summed E-state index contributed by atoms with van der Waals surface area (Å²) in [5, 5.41) is 9.00. The zero-order chi connectivity index (χ0) is 12.1. The number of thioether (sulfide) groups is 1. The van der Waals surface area contributed by atoms with E-state index in [1.54, 1.807) is 18.2 Å². The van der Waals surface area contributed by atoms with E-state index in [1.807, 2.05) is 6.92 Å². The van der Waals surface area contributed by atoms with Crippen LogP contribution in [0.25, 0.3) is 0 Å². The Morgan fingerprint density at radius 2 is 2.31 bits per heavy atom. The molecule has 0 heterocycles. The fraction of sp³-hybridized carbons (Fsp3) is 0.364. The predicted octanol–water partition coefficient (Wildman–Crippen LogP) is 1.53. The van der Waals surface area contributed by atoms with E-state index < -0.39 is 5.97 Å². The molecule has 0 aliphatic carbocycles. The first-order valence-corrected chi connectivity index (χ1v) is 5.71. The normalized spacial score (nSPS) is 12.2. The van der Waals surface area contributed by atoms with E-state index in [2.05, 4.69) is 4.74 Å². The summed E-state index contributed by atoms with van der Waals surface area (Å²) < 4.78 is 4.68. The van der Waals surface area contributed by atoms with Crippen molar-refractivity contribution in [1.82, 2.24) is 0 Å². The SMILES string of the molecule is COC(=O)c1cc(N)ccc1SC(C)CO. The highest BCUT2D eigenvalue weighted by Gasteiger charge is 2.14. The largest absolute Gasteiger partial charge is 0.465 e. The van der Waals surface area contributed by atoms with E-state index in [1.165, 1.54) is 18.9 Å². The molecule has 0 saturated carbocycles. The van der Waals surface area contributed by atoms with Gasteiger partial charge in [0.2, 0.25) is 0 Å². The minimum Gasteiger partial charge on any atom is -0.465 e. The van der Waals surface area contributed by atoms with E-state index in [4.69, 9.17) is 10.8 Å². The second-order valence-electron chi connectivity index (χ2n) is 3.36. The molecule has 0 radical (unpaired) electrons. The van der Waals surface area contributed by atoms with Crippen molar-refractivity contribution in [2.24, 2.45) is 0 Å². The standard InChI is InChI=1S/C11H15NO3S/c1-7(6-13)16-10-4-3-8(12)5-9(10)11(14)15-2/h3-5,7,13H,6,12H2,1-2H3. The molecule has 0 aliphatic rings. The predicted molar refractivity (Wildman–Crippen MR) is 64.6 cm³/mol. The fourth-order valence-corrected chi connectivity index (χ4v) is 2.10. The fourth-order valence-electron chi connectivity index (χ4n) is 1.17. The second-order valence-corrected chi connectivity index (χ2v) is 4.84. The third kappa shape index (κ3) is 3.15. The molecule has 0 spiro atoms. The third-order valence-electron chi connectivity index (χ3n) is 1.99. The van der Waals surface area contributed by atoms with Crippen molar-refractivity contribution < 1.29 is 14.6 Å². The van der Waals surface area contributed by atoms with Crippen molar-refractivity contribution in [3.63, 3.8) is 0 Å². The van der Waals surface area contributed by atoms with Gasteiger partial charge in [-0.3, -0.25) is 0 Å². The molecule has 16 heavy (non-hydrogen) atoms. The molecule has 0 aliphatic heterocycles. The quantitative estimate of drug-likeness (QED) is 0.475. The van der Waals surface area contributed by atoms with Crippen LogP contribution in [-0.4, -0.2) is 30.0 Å². The van der Waals surface area contributed by atoms with E-state index in [0.717, 1.165) is 4.90 Å². The van der Waals surface area contributed by atoms with Gasteiger partial charge in [0.05, 0.1) is 19.3 Å². The number of rotatable bonds is 4. The molecule has 4 nitrogen and oxygen atoms in total. The second kappa shape index (κ2) is 5.77. The zero-order valence-corrected chi connectivity index (χ0v) is 10.1. The van der Waals surface area contributed by atoms with E-state index >= 15 is 0 Å². The number of methoxy groups -OCH3 is 1. The number of aliphatic hydroxyl groups is 1. The van der Waals surface area contributed by atoms with Crippen LogP contribution in [0.4, 0.5) is 5.69 Å². The van der Waals surface area contributed by atoms with Gasteiger partial charge in [0.25, 0.3) is 0 Å². The summed E-state index contributed by atoms with van der Waals surface area (Å²) in [5.41, 5.74) is 6.57. The number of hydrogen-bond acceptors (Lipinski definition) is 5. The van der Waals surface area contributed by atoms with Crippen LogP contribution >= 0.6 is 11.8 Å². The first kappa shape index (κ1) is 12.9. The monoisotopic (exact) mass is 241 g/mol. The van der Waals surface area contributed by atoms with E-state index in [9.17, 15) is 4.79 Å². The average molecular weight is 241 g/mol. The van der Waals surface area contributed by atoms with Gasteiger partial charge in [0.1, 0.15) is 0 Å². The molecule has 3 N–H and O–H groups in total. The van der Waals surface area contributed by atoms with E-state index in [0.29, 0.717) is 11.3 Å². The van der Waals surface area contributed by atoms with Gasteiger partial charge in [-0.15, -0.1) is 11.8 Å². The number of carbonyl (C=O) groups excluding carboxylic acids is 1. The van der Waals surface area contributed by atoms with Crippen LogP contribution in [0.15, 0.2) is 23.1 Å². The van der Waals surface area contributed by atoms with Crippen LogP contribution in [0.3, 0.4) is 0 Å². The summed E-state index contributed by atoms with van der Waals surface area (Å²) in [5.74, 6) is -0.417. The Morgan fingerprint density at radius 1 is 1.62 bits per heavy atom. The number of hydrogen-bond donors (Lipinski definition) is 2. The Balaban J connectivity index is 3.02. The van der Waals surface area contributed by atoms with Gasteiger partial charge in [-0.25, -0.2) is 4.79 Å². The van der Waals surface area contributed by atoms with Crippen molar-refractivity contribution in [3.05, 3.63) is 23.8 Å². The maximum Gasteiger partial charge on any atom is 0.339 e. The maximum atomic E-state index is 11.5. The van der Waals surface area contributed by atoms with Gasteiger partial charge < -0.3 is 15.6 Å². The minimum absolute atomic E-state index is 0.0204. The summed E-state index contributed by atoms with van der Waals surface area (Å²) in [6.45, 7) is 1.93. The number of benzene rings is 1. The van der Waals surface area contributed by atoms with Crippen molar-refractivity contribution in [2.45, 2.75) is 17.1 Å². The van der Waals surface area contributed by atoms with Gasteiger partial charge >= 0.3 is 5.97 Å². The molecule has 5 heteroatoms. The number of anilines is 1. The Morgan fingerprint density at radius 3 is 2.88 bits per heavy atom. The van der Waals surface area contributed by atoms with Gasteiger partial charge in [0.15, 0.2) is 0 Å². The number of esters is 1. The summed E-state index contributed by atoms with van der Waals surface area (Å²) in [6.07, 6.45) is 0. The summed E-state index contributed by atoms with van der Waals surface area (Å²) in [7, 11) is 1.33. The van der Waals surface area contributed by atoms with Gasteiger partial charge in [-0.05, 0) is 18.2 Å². The number of aliphatic hydroxyl groups excluding tert-OH is 1. The van der Waals surface area contributed by atoms with Crippen LogP contribution in [-0.2, 0) is 4.74 Å². The topological polar surface area (TPSA) is 72.5 Å². The van der Waals surface area contributed by atoms with Crippen LogP contribution in [0.5, 0.6) is 0 Å². The first-order valence-electron chi connectivity index (χ1n) is 4.83. The molecule has 0 saturated heterocycles. The summed E-state index contributed by atoms with van der Waals surface area (Å²) in [6, 6.07) is 5.07. The van der Waals surface area contributed by atoms with Gasteiger partial charge in [-0.1, -0.05) is 6.92 Å². The smallest absolute Gasteiger partial charge is 0.339 e. The molecule has 88 valence electrons. The lowest BCUT2D eigenvalue weighted by molar-refractivity contribution is 0.0597. The van der Waals surface area contributed by atoms with Crippen molar-refractivity contribution in [1.29, 1.82) is 0 Å². The maximum absolute atomic E-state index is 11.5. The lowest BCUT2D eigenvalue weighted by Crippen LogP contribution is -2.07. The molecule has 1 unspecified atom stereocenters. The molecule has 1 aromatic carbocycles. The van der Waals surface area contributed by atoms with E-state index in [-0.39, 0.29) is 11.9 Å². The van der Waals surface area contributed by atoms with Crippen LogP contribution in [0, 0.1) is 0 Å². The zero-order valence-electron chi connectivity index (χ0n) is 9.27. The Hall–Kier alpha value is -1.20. The Labute approximate surface area is 98.8 Å². The molecular weight excluding hydrogens is 226 g/mol. The summed E-state index contributed by atoms with van der Waals surface area (Å²) in [4.78, 5) is 12.3. The van der Waals surface area contributed by atoms with Gasteiger partial charge in [-0.2, -0.15) is 0 Å². The third-order valence-corrected chi connectivity index (χ3v) is 3.16. The number of carbonyl (C=O) groups is 1. The Bertz CT molecular complexity index is 381. The molecule has 0 amide bonds. The Kier molecular flexibility index (Phi) is 4.64.